The number of hydrogen-bond acceptors (Lipinski definition) is 1. The summed E-state index contributed by atoms with van der Waals surface area (Å²) in [4.78, 5) is 0. The van der Waals surface area contributed by atoms with Crippen molar-refractivity contribution in [3.05, 3.63) is 163 Å². The molecule has 0 aliphatic heterocycles. The van der Waals surface area contributed by atoms with Crippen LogP contribution in [0.3, 0.4) is 0 Å². The van der Waals surface area contributed by atoms with Crippen molar-refractivity contribution in [1.82, 2.24) is 13.7 Å². The van der Waals surface area contributed by atoms with Crippen molar-refractivity contribution in [1.29, 1.82) is 5.26 Å². The maximum atomic E-state index is 11.1. The van der Waals surface area contributed by atoms with Crippen LogP contribution in [0.15, 0.2) is 158 Å². The average molecular weight is 599 g/mol. The van der Waals surface area contributed by atoms with Gasteiger partial charge in [-0.3, -0.25) is 0 Å². The summed E-state index contributed by atoms with van der Waals surface area (Å²) in [5, 5.41) is 17.9. The monoisotopic (exact) mass is 598 g/mol. The molecule has 0 saturated carbocycles. The number of fused-ring (bicyclic) bond motifs is 9. The lowest BCUT2D eigenvalue weighted by Gasteiger charge is -2.18. The summed E-state index contributed by atoms with van der Waals surface area (Å²) in [5.41, 5.74) is 10.1. The third kappa shape index (κ3) is 3.46. The predicted octanol–water partition coefficient (Wildman–Crippen LogP) is 10.8. The number of benzene rings is 7. The fourth-order valence-corrected chi connectivity index (χ4v) is 7.81. The van der Waals surface area contributed by atoms with E-state index in [0.29, 0.717) is 5.56 Å². The first-order valence-corrected chi connectivity index (χ1v) is 15.9. The minimum absolute atomic E-state index is 0.622. The van der Waals surface area contributed by atoms with Crippen LogP contribution in [-0.4, -0.2) is 13.7 Å². The third-order valence-corrected chi connectivity index (χ3v) is 9.65. The van der Waals surface area contributed by atoms with Crippen molar-refractivity contribution < 1.29 is 0 Å². The van der Waals surface area contributed by atoms with Gasteiger partial charge in [0.25, 0.3) is 0 Å². The molecular weight excluding hydrogens is 573 g/mol. The van der Waals surface area contributed by atoms with Crippen LogP contribution >= 0.6 is 0 Å². The highest BCUT2D eigenvalue weighted by Crippen LogP contribution is 2.45. The van der Waals surface area contributed by atoms with Gasteiger partial charge in [-0.1, -0.05) is 109 Å². The quantitative estimate of drug-likeness (QED) is 0.199. The Hall–Kier alpha value is -6.57. The maximum Gasteiger partial charge on any atom is 0.101 e. The number of hydrogen-bond donors (Lipinski definition) is 0. The SMILES string of the molecule is N#Cc1cc(-n2c3ccccc3c3ccccc32)c2c(c1-n1c3ccccc3c3ccccc31)c1ccccc1n2-c1ccccc1. The first-order valence-electron chi connectivity index (χ1n) is 15.9. The molecule has 10 aromatic rings. The van der Waals surface area contributed by atoms with Crippen molar-refractivity contribution in [2.75, 3.05) is 0 Å². The van der Waals surface area contributed by atoms with Crippen molar-refractivity contribution in [2.45, 2.75) is 0 Å². The van der Waals surface area contributed by atoms with Crippen molar-refractivity contribution in [3.8, 4) is 23.1 Å². The van der Waals surface area contributed by atoms with Gasteiger partial charge >= 0.3 is 0 Å². The fourth-order valence-electron chi connectivity index (χ4n) is 7.81. The second kappa shape index (κ2) is 9.71. The van der Waals surface area contributed by atoms with E-state index in [1.54, 1.807) is 0 Å². The molecule has 3 aromatic heterocycles. The Bertz CT molecular complexity index is 2810. The van der Waals surface area contributed by atoms with Gasteiger partial charge in [0, 0.05) is 38.0 Å². The van der Waals surface area contributed by atoms with Crippen LogP contribution in [0.2, 0.25) is 0 Å². The fraction of sp³-hybridized carbons (Fsp3) is 0. The van der Waals surface area contributed by atoms with Gasteiger partial charge in [0.1, 0.15) is 6.07 Å². The van der Waals surface area contributed by atoms with Gasteiger partial charge in [0.2, 0.25) is 0 Å². The third-order valence-electron chi connectivity index (χ3n) is 9.65. The summed E-state index contributed by atoms with van der Waals surface area (Å²) in [7, 11) is 0. The minimum atomic E-state index is 0.622. The molecule has 0 spiro atoms. The molecule has 0 bridgehead atoms. The molecule has 0 aliphatic carbocycles. The van der Waals surface area contributed by atoms with Gasteiger partial charge in [-0.15, -0.1) is 0 Å². The van der Waals surface area contributed by atoms with Crippen LogP contribution in [0.4, 0.5) is 0 Å². The summed E-state index contributed by atoms with van der Waals surface area (Å²) in [5.74, 6) is 0. The Morgan fingerprint density at radius 3 is 1.30 bits per heavy atom. The normalized spacial score (nSPS) is 11.8. The zero-order valence-electron chi connectivity index (χ0n) is 25.3. The van der Waals surface area contributed by atoms with Crippen LogP contribution in [-0.2, 0) is 0 Å². The van der Waals surface area contributed by atoms with Gasteiger partial charge < -0.3 is 13.7 Å². The largest absolute Gasteiger partial charge is 0.307 e. The molecule has 7 aromatic carbocycles. The van der Waals surface area contributed by atoms with E-state index in [1.165, 1.54) is 21.5 Å². The number of para-hydroxylation sites is 6. The number of aromatic nitrogens is 3. The van der Waals surface area contributed by atoms with Crippen LogP contribution in [0.1, 0.15) is 5.56 Å². The predicted molar refractivity (Wildman–Crippen MR) is 194 cm³/mol. The Balaban J connectivity index is 1.51. The van der Waals surface area contributed by atoms with E-state index < -0.39 is 0 Å². The van der Waals surface area contributed by atoms with Crippen molar-refractivity contribution in [2.24, 2.45) is 0 Å². The highest BCUT2D eigenvalue weighted by molar-refractivity contribution is 6.20. The molecule has 0 radical (unpaired) electrons. The topological polar surface area (TPSA) is 38.6 Å². The lowest BCUT2D eigenvalue weighted by Crippen LogP contribution is -2.05. The molecule has 0 saturated heterocycles. The first kappa shape index (κ1) is 25.7. The molecule has 4 heteroatoms. The molecule has 0 aliphatic rings. The smallest absolute Gasteiger partial charge is 0.101 e. The van der Waals surface area contributed by atoms with E-state index in [1.807, 2.05) is 0 Å². The molecule has 10 rings (SSSR count). The van der Waals surface area contributed by atoms with Gasteiger partial charge in [-0.05, 0) is 48.5 Å². The van der Waals surface area contributed by atoms with Crippen molar-refractivity contribution >= 4 is 65.4 Å². The maximum absolute atomic E-state index is 11.1. The zero-order chi connectivity index (χ0) is 31.1. The average Bonchev–Trinajstić information content (AvgIpc) is 3.78. The van der Waals surface area contributed by atoms with Gasteiger partial charge in [-0.2, -0.15) is 5.26 Å². The van der Waals surface area contributed by atoms with E-state index in [4.69, 9.17) is 0 Å². The lowest BCUT2D eigenvalue weighted by molar-refractivity contribution is 1.12. The number of nitriles is 1. The highest BCUT2D eigenvalue weighted by atomic mass is 15.1. The molecule has 0 fully saturated rings. The summed E-state index contributed by atoms with van der Waals surface area (Å²) >= 11 is 0. The lowest BCUT2D eigenvalue weighted by atomic mass is 10.0. The molecule has 47 heavy (non-hydrogen) atoms. The molecular formula is C43H26N4. The van der Waals surface area contributed by atoms with E-state index in [0.717, 1.165) is 60.9 Å². The Morgan fingerprint density at radius 1 is 0.404 bits per heavy atom. The van der Waals surface area contributed by atoms with Gasteiger partial charge in [-0.25, -0.2) is 0 Å². The summed E-state index contributed by atoms with van der Waals surface area (Å²) < 4.78 is 7.03. The Labute approximate surface area is 270 Å². The molecule has 0 N–H and O–H groups in total. The molecule has 0 atom stereocenters. The standard InChI is InChI=1S/C43H26N4/c44-27-28-26-40(46-35-21-9-4-16-30(35)31-17-5-10-22-36(31)46)43-41(34-20-8-13-25-39(34)45(43)29-14-2-1-3-15-29)42(28)47-37-23-11-6-18-32(37)33-19-7-12-24-38(33)47/h1-26H. The highest BCUT2D eigenvalue weighted by Gasteiger charge is 2.27. The molecule has 0 amide bonds. The van der Waals surface area contributed by atoms with Crippen molar-refractivity contribution in [3.63, 3.8) is 0 Å². The molecule has 218 valence electrons. The van der Waals surface area contributed by atoms with E-state index in [-0.39, 0.29) is 0 Å². The second-order valence-electron chi connectivity index (χ2n) is 12.1. The van der Waals surface area contributed by atoms with Gasteiger partial charge in [0.15, 0.2) is 0 Å². The molecule has 4 nitrogen and oxygen atoms in total. The summed E-state index contributed by atoms with van der Waals surface area (Å²) in [6.07, 6.45) is 0. The van der Waals surface area contributed by atoms with Crippen LogP contribution in [0.25, 0.3) is 82.5 Å². The van der Waals surface area contributed by atoms with E-state index in [2.05, 4.69) is 177 Å². The summed E-state index contributed by atoms with van der Waals surface area (Å²) in [6, 6.07) is 58.1. The first-order chi connectivity index (χ1) is 23.3. The van der Waals surface area contributed by atoms with E-state index in [9.17, 15) is 5.26 Å². The number of nitrogens with zero attached hydrogens (tertiary/aromatic N) is 4. The summed E-state index contributed by atoms with van der Waals surface area (Å²) in [6.45, 7) is 0. The zero-order valence-corrected chi connectivity index (χ0v) is 25.3. The van der Waals surface area contributed by atoms with Crippen LogP contribution in [0, 0.1) is 11.3 Å². The molecule has 0 unspecified atom stereocenters. The van der Waals surface area contributed by atoms with E-state index >= 15 is 0 Å². The Morgan fingerprint density at radius 2 is 0.809 bits per heavy atom. The Kier molecular flexibility index (Phi) is 5.32. The second-order valence-corrected chi connectivity index (χ2v) is 12.1. The molecule has 3 heterocycles. The van der Waals surface area contributed by atoms with Gasteiger partial charge in [0.05, 0.1) is 50.0 Å². The van der Waals surface area contributed by atoms with Crippen LogP contribution < -0.4 is 0 Å². The number of rotatable bonds is 3. The minimum Gasteiger partial charge on any atom is -0.307 e. The van der Waals surface area contributed by atoms with Crippen LogP contribution in [0.5, 0.6) is 0 Å².